The van der Waals surface area contributed by atoms with Crippen molar-refractivity contribution in [3.63, 3.8) is 0 Å². The van der Waals surface area contributed by atoms with Crippen molar-refractivity contribution in [2.24, 2.45) is 10.9 Å². The number of ether oxygens (including phenoxy) is 1. The Morgan fingerprint density at radius 3 is 2.66 bits per heavy atom. The SMILES string of the molecule is CCC(CC)c1cc(CNC(=NC)NC2CCN(CC3CCOC3)CC2)on1.I. The second-order valence-corrected chi connectivity index (χ2v) is 8.11. The van der Waals surface area contributed by atoms with Crippen LogP contribution < -0.4 is 10.6 Å². The van der Waals surface area contributed by atoms with E-state index in [1.165, 1.54) is 13.0 Å². The number of likely N-dealkylation sites (tertiary alicyclic amines) is 1. The van der Waals surface area contributed by atoms with E-state index >= 15 is 0 Å². The van der Waals surface area contributed by atoms with Crippen molar-refractivity contribution in [1.82, 2.24) is 20.7 Å². The van der Waals surface area contributed by atoms with E-state index in [0.29, 0.717) is 18.5 Å². The molecule has 0 radical (unpaired) electrons. The molecule has 1 unspecified atom stereocenters. The lowest BCUT2D eigenvalue weighted by Crippen LogP contribution is -2.49. The van der Waals surface area contributed by atoms with Gasteiger partial charge >= 0.3 is 0 Å². The second-order valence-electron chi connectivity index (χ2n) is 8.11. The molecule has 2 fully saturated rings. The zero-order valence-corrected chi connectivity index (χ0v) is 20.5. The van der Waals surface area contributed by atoms with Gasteiger partial charge in [-0.05, 0) is 38.0 Å². The van der Waals surface area contributed by atoms with E-state index in [1.54, 1.807) is 0 Å². The van der Waals surface area contributed by atoms with Crippen LogP contribution in [0.4, 0.5) is 0 Å². The number of halogens is 1. The number of hydrogen-bond acceptors (Lipinski definition) is 5. The molecule has 8 heteroatoms. The lowest BCUT2D eigenvalue weighted by molar-refractivity contribution is 0.150. The Morgan fingerprint density at radius 1 is 1.28 bits per heavy atom. The molecule has 3 heterocycles. The van der Waals surface area contributed by atoms with Crippen LogP contribution in [0.5, 0.6) is 0 Å². The molecule has 2 saturated heterocycles. The minimum Gasteiger partial charge on any atom is -0.381 e. The van der Waals surface area contributed by atoms with E-state index in [4.69, 9.17) is 9.26 Å². The molecule has 7 nitrogen and oxygen atoms in total. The van der Waals surface area contributed by atoms with Crippen molar-refractivity contribution in [1.29, 1.82) is 0 Å². The molecular weight excluding hydrogens is 481 g/mol. The summed E-state index contributed by atoms with van der Waals surface area (Å²) < 4.78 is 11.0. The molecule has 166 valence electrons. The highest BCUT2D eigenvalue weighted by molar-refractivity contribution is 14.0. The highest BCUT2D eigenvalue weighted by Gasteiger charge is 2.24. The number of piperidine rings is 1. The van der Waals surface area contributed by atoms with Gasteiger partial charge in [-0.3, -0.25) is 4.99 Å². The second kappa shape index (κ2) is 12.7. The van der Waals surface area contributed by atoms with Gasteiger partial charge in [0.05, 0.1) is 18.8 Å². The zero-order valence-electron chi connectivity index (χ0n) is 18.2. The van der Waals surface area contributed by atoms with Gasteiger partial charge in [-0.25, -0.2) is 0 Å². The van der Waals surface area contributed by atoms with Gasteiger partial charge in [-0.2, -0.15) is 0 Å². The van der Waals surface area contributed by atoms with Crippen LogP contribution in [0.15, 0.2) is 15.6 Å². The number of hydrogen-bond donors (Lipinski definition) is 2. The van der Waals surface area contributed by atoms with Crippen LogP contribution >= 0.6 is 24.0 Å². The van der Waals surface area contributed by atoms with Gasteiger partial charge in [0, 0.05) is 51.3 Å². The van der Waals surface area contributed by atoms with E-state index in [2.05, 4.69) is 45.6 Å². The monoisotopic (exact) mass is 519 g/mol. The highest BCUT2D eigenvalue weighted by Crippen LogP contribution is 2.22. The fraction of sp³-hybridized carbons (Fsp3) is 0.810. The van der Waals surface area contributed by atoms with Gasteiger partial charge in [-0.1, -0.05) is 19.0 Å². The highest BCUT2D eigenvalue weighted by atomic mass is 127. The maximum Gasteiger partial charge on any atom is 0.191 e. The molecule has 0 bridgehead atoms. The van der Waals surface area contributed by atoms with E-state index < -0.39 is 0 Å². The van der Waals surface area contributed by atoms with Crippen LogP contribution in [0.3, 0.4) is 0 Å². The first-order valence-electron chi connectivity index (χ1n) is 10.9. The van der Waals surface area contributed by atoms with Crippen molar-refractivity contribution >= 4 is 29.9 Å². The Bertz CT molecular complexity index is 606. The van der Waals surface area contributed by atoms with E-state index in [0.717, 1.165) is 75.3 Å². The van der Waals surface area contributed by atoms with E-state index in [1.807, 2.05) is 7.05 Å². The van der Waals surface area contributed by atoms with Crippen molar-refractivity contribution in [3.05, 3.63) is 17.5 Å². The summed E-state index contributed by atoms with van der Waals surface area (Å²) in [5, 5.41) is 11.2. The zero-order chi connectivity index (χ0) is 19.8. The van der Waals surface area contributed by atoms with Gasteiger partial charge in [0.1, 0.15) is 0 Å². The fourth-order valence-electron chi connectivity index (χ4n) is 4.22. The third kappa shape index (κ3) is 7.40. The van der Waals surface area contributed by atoms with Gasteiger partial charge in [-0.15, -0.1) is 24.0 Å². The summed E-state index contributed by atoms with van der Waals surface area (Å²) in [6.07, 6.45) is 5.69. The average molecular weight is 519 g/mol. The van der Waals surface area contributed by atoms with Crippen LogP contribution in [0.2, 0.25) is 0 Å². The van der Waals surface area contributed by atoms with E-state index in [9.17, 15) is 0 Å². The Balaban J connectivity index is 0.00000300. The number of rotatable bonds is 8. The molecule has 0 aliphatic carbocycles. The summed E-state index contributed by atoms with van der Waals surface area (Å²) in [7, 11) is 1.82. The van der Waals surface area contributed by atoms with Crippen LogP contribution in [0.25, 0.3) is 0 Å². The summed E-state index contributed by atoms with van der Waals surface area (Å²) in [5.74, 6) is 2.91. The Morgan fingerprint density at radius 2 is 2.03 bits per heavy atom. The first kappa shape index (κ1) is 24.4. The molecular formula is C21H38IN5O2. The Hall–Kier alpha value is -0.870. The first-order chi connectivity index (χ1) is 13.7. The summed E-state index contributed by atoms with van der Waals surface area (Å²) in [6.45, 7) is 10.3. The van der Waals surface area contributed by atoms with Crippen molar-refractivity contribution in [2.75, 3.05) is 39.9 Å². The summed E-state index contributed by atoms with van der Waals surface area (Å²) >= 11 is 0. The van der Waals surface area contributed by atoms with Gasteiger partial charge < -0.3 is 24.8 Å². The molecule has 2 N–H and O–H groups in total. The van der Waals surface area contributed by atoms with Crippen LogP contribution in [-0.4, -0.2) is 62.0 Å². The fourth-order valence-corrected chi connectivity index (χ4v) is 4.22. The van der Waals surface area contributed by atoms with Crippen LogP contribution in [-0.2, 0) is 11.3 Å². The largest absolute Gasteiger partial charge is 0.381 e. The summed E-state index contributed by atoms with van der Waals surface area (Å²) in [4.78, 5) is 6.96. The molecule has 1 aromatic heterocycles. The van der Waals surface area contributed by atoms with E-state index in [-0.39, 0.29) is 24.0 Å². The number of guanidine groups is 1. The van der Waals surface area contributed by atoms with Crippen LogP contribution in [0, 0.1) is 5.92 Å². The maximum atomic E-state index is 5.50. The number of aliphatic imine (C=N–C) groups is 1. The summed E-state index contributed by atoms with van der Waals surface area (Å²) in [6, 6.07) is 2.54. The molecule has 0 aromatic carbocycles. The molecule has 2 aliphatic rings. The molecule has 0 amide bonds. The molecule has 1 atom stereocenters. The van der Waals surface area contributed by atoms with Crippen LogP contribution in [0.1, 0.15) is 63.3 Å². The third-order valence-corrected chi connectivity index (χ3v) is 6.10. The van der Waals surface area contributed by atoms with Crippen molar-refractivity contribution < 1.29 is 9.26 Å². The van der Waals surface area contributed by atoms with Gasteiger partial charge in [0.2, 0.25) is 0 Å². The maximum absolute atomic E-state index is 5.50. The third-order valence-electron chi connectivity index (χ3n) is 6.10. The molecule has 0 saturated carbocycles. The van der Waals surface area contributed by atoms with Crippen molar-refractivity contribution in [2.45, 2.75) is 64.5 Å². The Labute approximate surface area is 192 Å². The predicted molar refractivity (Wildman–Crippen MR) is 127 cm³/mol. The average Bonchev–Trinajstić information content (AvgIpc) is 3.40. The lowest BCUT2D eigenvalue weighted by atomic mass is 9.99. The normalized spacial score (nSPS) is 21.4. The quantitative estimate of drug-likeness (QED) is 0.312. The number of nitrogens with one attached hydrogen (secondary N) is 2. The van der Waals surface area contributed by atoms with Gasteiger partial charge in [0.15, 0.2) is 11.7 Å². The number of nitrogens with zero attached hydrogens (tertiary/aromatic N) is 3. The standard InChI is InChI=1S/C21H37N5O2.HI/c1-4-17(5-2)20-12-19(28-25-20)13-23-21(22-3)24-18-6-9-26(10-7-18)14-16-8-11-27-15-16;/h12,16-18H,4-11,13-15H2,1-3H3,(H2,22,23,24);1H. The molecule has 0 spiro atoms. The molecule has 2 aliphatic heterocycles. The predicted octanol–water partition coefficient (Wildman–Crippen LogP) is 3.36. The smallest absolute Gasteiger partial charge is 0.191 e. The molecule has 3 rings (SSSR count). The minimum atomic E-state index is 0. The van der Waals surface area contributed by atoms with Gasteiger partial charge in [0.25, 0.3) is 0 Å². The minimum absolute atomic E-state index is 0. The topological polar surface area (TPSA) is 74.9 Å². The first-order valence-corrected chi connectivity index (χ1v) is 10.9. The molecule has 29 heavy (non-hydrogen) atoms. The summed E-state index contributed by atoms with van der Waals surface area (Å²) in [5.41, 5.74) is 1.06. The van der Waals surface area contributed by atoms with Crippen molar-refractivity contribution in [3.8, 4) is 0 Å². The molecule has 1 aromatic rings. The Kier molecular flexibility index (Phi) is 10.7. The lowest BCUT2D eigenvalue weighted by Gasteiger charge is -2.34. The number of aromatic nitrogens is 1.